The summed E-state index contributed by atoms with van der Waals surface area (Å²) in [7, 11) is 1.60. The second-order valence-corrected chi connectivity index (χ2v) is 2.65. The normalized spacial score (nSPS) is 11.1. The minimum atomic E-state index is -0.569. The zero-order chi connectivity index (χ0) is 11.8. The van der Waals surface area contributed by atoms with Gasteiger partial charge in [0.05, 0.1) is 16.8 Å². The van der Waals surface area contributed by atoms with E-state index < -0.39 is 4.92 Å². The second-order valence-electron chi connectivity index (χ2n) is 2.65. The number of nitro groups is 1. The first-order chi connectivity index (χ1) is 7.72. The first kappa shape index (κ1) is 11.8. The Balaban J connectivity index is 2.63. The fraction of sp³-hybridized carbons (Fsp3) is 0.111. The number of rotatable bonds is 5. The molecule has 16 heavy (non-hydrogen) atoms. The summed E-state index contributed by atoms with van der Waals surface area (Å²) in [6, 6.07) is 5.39. The number of hydrazine groups is 1. The van der Waals surface area contributed by atoms with Crippen LogP contribution in [0.2, 0.25) is 0 Å². The van der Waals surface area contributed by atoms with Gasteiger partial charge >= 0.3 is 0 Å². The molecule has 0 fully saturated rings. The standard InChI is InChI=1S/C9H11N5O2/c1-10-13(6-7-14(15)16)12-8-9-4-2-3-5-11-9/h2-8,10H,1H3. The van der Waals surface area contributed by atoms with Crippen LogP contribution in [0.4, 0.5) is 0 Å². The summed E-state index contributed by atoms with van der Waals surface area (Å²) < 4.78 is 0. The van der Waals surface area contributed by atoms with Crippen LogP contribution in [0.5, 0.6) is 0 Å². The van der Waals surface area contributed by atoms with Crippen LogP contribution in [0.3, 0.4) is 0 Å². The van der Waals surface area contributed by atoms with Gasteiger partial charge in [0.2, 0.25) is 0 Å². The lowest BCUT2D eigenvalue weighted by atomic mass is 10.4. The highest BCUT2D eigenvalue weighted by Crippen LogP contribution is 1.91. The highest BCUT2D eigenvalue weighted by Gasteiger charge is 1.93. The van der Waals surface area contributed by atoms with Crippen molar-refractivity contribution in [2.24, 2.45) is 5.10 Å². The molecule has 0 aliphatic carbocycles. The summed E-state index contributed by atoms with van der Waals surface area (Å²) in [6.45, 7) is 0. The third-order valence-electron chi connectivity index (χ3n) is 1.56. The van der Waals surface area contributed by atoms with E-state index >= 15 is 0 Å². The van der Waals surface area contributed by atoms with Crippen LogP contribution in [-0.2, 0) is 0 Å². The molecular formula is C9H11N5O2. The zero-order valence-corrected chi connectivity index (χ0v) is 8.65. The number of pyridine rings is 1. The molecule has 0 atom stereocenters. The van der Waals surface area contributed by atoms with Crippen molar-refractivity contribution in [3.8, 4) is 0 Å². The average molecular weight is 221 g/mol. The zero-order valence-electron chi connectivity index (χ0n) is 8.65. The molecule has 1 heterocycles. The van der Waals surface area contributed by atoms with Gasteiger partial charge in [-0.3, -0.25) is 15.1 Å². The molecular weight excluding hydrogens is 210 g/mol. The number of aromatic nitrogens is 1. The molecule has 0 bridgehead atoms. The quantitative estimate of drug-likeness (QED) is 0.447. The van der Waals surface area contributed by atoms with Gasteiger partial charge < -0.3 is 0 Å². The molecule has 0 saturated heterocycles. The maximum absolute atomic E-state index is 10.1. The molecule has 0 unspecified atom stereocenters. The molecule has 0 saturated carbocycles. The Labute approximate surface area is 92.2 Å². The van der Waals surface area contributed by atoms with Gasteiger partial charge in [-0.15, -0.1) is 0 Å². The monoisotopic (exact) mass is 221 g/mol. The summed E-state index contributed by atoms with van der Waals surface area (Å²) >= 11 is 0. The predicted octanol–water partition coefficient (Wildman–Crippen LogP) is 0.600. The van der Waals surface area contributed by atoms with E-state index in [0.29, 0.717) is 5.69 Å². The Kier molecular flexibility index (Phi) is 4.61. The summed E-state index contributed by atoms with van der Waals surface area (Å²) in [5.74, 6) is 0. The van der Waals surface area contributed by atoms with Crippen molar-refractivity contribution in [1.29, 1.82) is 0 Å². The SMILES string of the molecule is CNN(C=C[N+](=O)[O-])N=Cc1ccccn1. The van der Waals surface area contributed by atoms with Crippen LogP contribution < -0.4 is 5.43 Å². The van der Waals surface area contributed by atoms with Crippen molar-refractivity contribution < 1.29 is 4.92 Å². The van der Waals surface area contributed by atoms with E-state index in [-0.39, 0.29) is 0 Å². The van der Waals surface area contributed by atoms with Crippen LogP contribution in [0.25, 0.3) is 0 Å². The van der Waals surface area contributed by atoms with Crippen LogP contribution in [0, 0.1) is 10.1 Å². The Morgan fingerprint density at radius 1 is 1.62 bits per heavy atom. The van der Waals surface area contributed by atoms with Crippen LogP contribution in [-0.4, -0.2) is 28.3 Å². The molecule has 0 spiro atoms. The first-order valence-electron chi connectivity index (χ1n) is 4.46. The molecule has 0 aromatic carbocycles. The van der Waals surface area contributed by atoms with E-state index in [0.717, 1.165) is 6.20 Å². The van der Waals surface area contributed by atoms with Gasteiger partial charge in [-0.2, -0.15) is 10.2 Å². The Bertz CT molecular complexity index is 390. The molecule has 7 heteroatoms. The maximum atomic E-state index is 10.1. The number of nitrogens with zero attached hydrogens (tertiary/aromatic N) is 4. The highest BCUT2D eigenvalue weighted by atomic mass is 16.6. The van der Waals surface area contributed by atoms with Crippen molar-refractivity contribution in [3.05, 3.63) is 52.6 Å². The predicted molar refractivity (Wildman–Crippen MR) is 58.9 cm³/mol. The minimum Gasteiger partial charge on any atom is -0.259 e. The lowest BCUT2D eigenvalue weighted by Gasteiger charge is -2.09. The smallest absolute Gasteiger partial charge is 0.253 e. The average Bonchev–Trinajstić information content (AvgIpc) is 2.30. The van der Waals surface area contributed by atoms with E-state index in [4.69, 9.17) is 0 Å². The lowest BCUT2D eigenvalue weighted by molar-refractivity contribution is -0.403. The van der Waals surface area contributed by atoms with Gasteiger partial charge in [-0.25, -0.2) is 5.43 Å². The van der Waals surface area contributed by atoms with Gasteiger partial charge in [0, 0.05) is 13.2 Å². The summed E-state index contributed by atoms with van der Waals surface area (Å²) in [6.07, 6.45) is 5.10. The molecule has 0 aliphatic rings. The molecule has 1 N–H and O–H groups in total. The number of nitrogens with one attached hydrogen (secondary N) is 1. The largest absolute Gasteiger partial charge is 0.259 e. The third kappa shape index (κ3) is 4.29. The van der Waals surface area contributed by atoms with E-state index in [1.165, 1.54) is 17.5 Å². The molecule has 7 nitrogen and oxygen atoms in total. The fourth-order valence-corrected chi connectivity index (χ4v) is 0.862. The third-order valence-corrected chi connectivity index (χ3v) is 1.56. The molecule has 1 aromatic rings. The molecule has 1 aromatic heterocycles. The maximum Gasteiger partial charge on any atom is 0.253 e. The summed E-state index contributed by atoms with van der Waals surface area (Å²) in [5, 5.41) is 15.2. The van der Waals surface area contributed by atoms with Crippen LogP contribution in [0.15, 0.2) is 41.9 Å². The van der Waals surface area contributed by atoms with E-state index in [2.05, 4.69) is 15.5 Å². The second kappa shape index (κ2) is 6.25. The number of hydrogen-bond acceptors (Lipinski definition) is 6. The van der Waals surface area contributed by atoms with Crippen molar-refractivity contribution in [2.45, 2.75) is 0 Å². The minimum absolute atomic E-state index is 0.569. The van der Waals surface area contributed by atoms with Gasteiger partial charge in [0.15, 0.2) is 0 Å². The molecule has 0 amide bonds. The molecule has 84 valence electrons. The fourth-order valence-electron chi connectivity index (χ4n) is 0.862. The lowest BCUT2D eigenvalue weighted by Crippen LogP contribution is -2.24. The van der Waals surface area contributed by atoms with Gasteiger partial charge in [-0.1, -0.05) is 6.07 Å². The van der Waals surface area contributed by atoms with Crippen molar-refractivity contribution in [3.63, 3.8) is 0 Å². The van der Waals surface area contributed by atoms with Crippen molar-refractivity contribution in [2.75, 3.05) is 7.05 Å². The first-order valence-corrected chi connectivity index (χ1v) is 4.46. The topological polar surface area (TPSA) is 83.7 Å². The molecule has 1 rings (SSSR count). The van der Waals surface area contributed by atoms with Gasteiger partial charge in [0.1, 0.15) is 6.20 Å². The molecule has 0 radical (unpaired) electrons. The van der Waals surface area contributed by atoms with Crippen molar-refractivity contribution >= 4 is 6.21 Å². The van der Waals surface area contributed by atoms with E-state index in [9.17, 15) is 10.1 Å². The van der Waals surface area contributed by atoms with E-state index in [1.54, 1.807) is 25.4 Å². The Hall–Kier alpha value is -2.28. The van der Waals surface area contributed by atoms with Crippen molar-refractivity contribution in [1.82, 2.24) is 15.5 Å². The Morgan fingerprint density at radius 2 is 2.44 bits per heavy atom. The summed E-state index contributed by atoms with van der Waals surface area (Å²) in [5.41, 5.74) is 3.31. The molecule has 0 aliphatic heterocycles. The van der Waals surface area contributed by atoms with E-state index in [1.807, 2.05) is 6.07 Å². The van der Waals surface area contributed by atoms with Gasteiger partial charge in [0.25, 0.3) is 6.20 Å². The summed E-state index contributed by atoms with van der Waals surface area (Å²) in [4.78, 5) is 13.5. The van der Waals surface area contributed by atoms with Crippen LogP contribution in [0.1, 0.15) is 5.69 Å². The number of hydrogen-bond donors (Lipinski definition) is 1. The number of hydrazone groups is 1. The van der Waals surface area contributed by atoms with Crippen LogP contribution >= 0.6 is 0 Å². The Morgan fingerprint density at radius 3 is 3.00 bits per heavy atom. The van der Waals surface area contributed by atoms with Gasteiger partial charge in [-0.05, 0) is 12.1 Å². The highest BCUT2D eigenvalue weighted by molar-refractivity contribution is 5.76.